The van der Waals surface area contributed by atoms with E-state index in [1.165, 1.54) is 30.7 Å². The molecular weight excluding hydrogens is 300 g/mol. The van der Waals surface area contributed by atoms with Crippen LogP contribution in [0.4, 0.5) is 0 Å². The number of hydrogen-bond donors (Lipinski definition) is 1. The van der Waals surface area contributed by atoms with Gasteiger partial charge in [-0.2, -0.15) is 11.8 Å². The van der Waals surface area contributed by atoms with E-state index in [0.717, 1.165) is 11.1 Å². The molecule has 1 aromatic heterocycles. The van der Waals surface area contributed by atoms with Crippen molar-refractivity contribution in [1.29, 1.82) is 0 Å². The molecule has 2 rings (SSSR count). The van der Waals surface area contributed by atoms with Gasteiger partial charge in [-0.05, 0) is 41.1 Å². The molecule has 1 fully saturated rings. The zero-order valence-corrected chi connectivity index (χ0v) is 12.7. The molecule has 0 bridgehead atoms. The topological polar surface area (TPSA) is 42.7 Å². The van der Waals surface area contributed by atoms with Crippen LogP contribution >= 0.6 is 27.7 Å². The van der Waals surface area contributed by atoms with Crippen LogP contribution in [0.5, 0.6) is 0 Å². The largest absolute Gasteiger partial charge is 0.308 e. The van der Waals surface area contributed by atoms with Gasteiger partial charge >= 0.3 is 0 Å². The Morgan fingerprint density at radius 2 is 2.41 bits per heavy atom. The summed E-state index contributed by atoms with van der Waals surface area (Å²) in [6, 6.07) is 0.347. The summed E-state index contributed by atoms with van der Waals surface area (Å²) >= 11 is 5.59. The van der Waals surface area contributed by atoms with Gasteiger partial charge in [0.15, 0.2) is 4.60 Å². The Kier molecular flexibility index (Phi) is 4.87. The van der Waals surface area contributed by atoms with E-state index in [9.17, 15) is 0 Å². The normalized spacial score (nSPS) is 22.6. The predicted molar refractivity (Wildman–Crippen MR) is 75.2 cm³/mol. The monoisotopic (exact) mass is 318 g/mol. The average molecular weight is 319 g/mol. The van der Waals surface area contributed by atoms with Crippen molar-refractivity contribution in [3.05, 3.63) is 10.3 Å². The number of nitrogens with one attached hydrogen (secondary N) is 1. The lowest BCUT2D eigenvalue weighted by Crippen LogP contribution is -2.33. The van der Waals surface area contributed by atoms with Crippen molar-refractivity contribution >= 4 is 27.7 Å². The van der Waals surface area contributed by atoms with E-state index >= 15 is 0 Å². The third-order valence-corrected chi connectivity index (χ3v) is 5.16. The maximum atomic E-state index is 4.09. The summed E-state index contributed by atoms with van der Waals surface area (Å²) in [5, 5.41) is 12.4. The summed E-state index contributed by atoms with van der Waals surface area (Å²) in [6.07, 6.45) is 3.97. The summed E-state index contributed by atoms with van der Waals surface area (Å²) in [5.41, 5.74) is 1.17. The van der Waals surface area contributed by atoms with E-state index in [1.54, 1.807) is 0 Å². The molecule has 0 saturated carbocycles. The first-order valence-electron chi connectivity index (χ1n) is 6.14. The van der Waals surface area contributed by atoms with Gasteiger partial charge in [0.05, 0.1) is 11.7 Å². The van der Waals surface area contributed by atoms with Crippen molar-refractivity contribution in [3.63, 3.8) is 0 Å². The molecule has 17 heavy (non-hydrogen) atoms. The van der Waals surface area contributed by atoms with E-state index in [1.807, 2.05) is 11.7 Å². The summed E-state index contributed by atoms with van der Waals surface area (Å²) in [6.45, 7) is 3.12. The van der Waals surface area contributed by atoms with E-state index < -0.39 is 0 Å². The highest BCUT2D eigenvalue weighted by molar-refractivity contribution is 9.10. The first kappa shape index (κ1) is 13.4. The smallest absolute Gasteiger partial charge is 0.153 e. The molecule has 1 saturated heterocycles. The molecule has 0 radical (unpaired) electrons. The highest BCUT2D eigenvalue weighted by Gasteiger charge is 2.29. The summed E-state index contributed by atoms with van der Waals surface area (Å²) in [4.78, 5) is 0. The minimum Gasteiger partial charge on any atom is -0.308 e. The molecular formula is C11H19BrN4S. The first-order valence-corrected chi connectivity index (χ1v) is 7.98. The van der Waals surface area contributed by atoms with Gasteiger partial charge in [0.1, 0.15) is 0 Å². The molecule has 2 heterocycles. The van der Waals surface area contributed by atoms with Crippen molar-refractivity contribution in [2.45, 2.75) is 37.5 Å². The van der Waals surface area contributed by atoms with E-state index in [0.29, 0.717) is 11.3 Å². The van der Waals surface area contributed by atoms with Crippen molar-refractivity contribution in [2.24, 2.45) is 7.05 Å². The standard InChI is InChI=1S/C11H19BrN4S/c1-3-13-9(8-6-4-5-7-17-8)10-11(12)14-15-16(10)2/h8-9,13H,3-7H2,1-2H3. The lowest BCUT2D eigenvalue weighted by Gasteiger charge is -2.30. The van der Waals surface area contributed by atoms with E-state index in [-0.39, 0.29) is 0 Å². The highest BCUT2D eigenvalue weighted by Crippen LogP contribution is 2.36. The van der Waals surface area contributed by atoms with Crippen LogP contribution in [-0.4, -0.2) is 32.5 Å². The molecule has 0 spiro atoms. The van der Waals surface area contributed by atoms with Crippen LogP contribution in [0.1, 0.15) is 37.9 Å². The quantitative estimate of drug-likeness (QED) is 0.926. The Hall–Kier alpha value is -0.0700. The van der Waals surface area contributed by atoms with Gasteiger partial charge < -0.3 is 5.32 Å². The lowest BCUT2D eigenvalue weighted by atomic mass is 10.0. The molecule has 1 N–H and O–H groups in total. The maximum absolute atomic E-state index is 4.09. The van der Waals surface area contributed by atoms with Gasteiger partial charge in [-0.15, -0.1) is 5.10 Å². The molecule has 96 valence electrons. The fourth-order valence-corrected chi connectivity index (χ4v) is 4.32. The van der Waals surface area contributed by atoms with Gasteiger partial charge in [0, 0.05) is 12.3 Å². The number of rotatable bonds is 4. The van der Waals surface area contributed by atoms with Crippen LogP contribution in [0.2, 0.25) is 0 Å². The summed E-state index contributed by atoms with van der Waals surface area (Å²) < 4.78 is 2.75. The van der Waals surface area contributed by atoms with Crippen molar-refractivity contribution in [3.8, 4) is 0 Å². The molecule has 6 heteroatoms. The number of aromatic nitrogens is 3. The van der Waals surface area contributed by atoms with Crippen LogP contribution in [0, 0.1) is 0 Å². The van der Waals surface area contributed by atoms with Gasteiger partial charge in [-0.3, -0.25) is 0 Å². The first-order chi connectivity index (χ1) is 8.24. The van der Waals surface area contributed by atoms with Crippen molar-refractivity contribution in [1.82, 2.24) is 20.3 Å². The summed E-state index contributed by atoms with van der Waals surface area (Å²) in [5.74, 6) is 1.27. The van der Waals surface area contributed by atoms with Crippen LogP contribution in [0.15, 0.2) is 4.60 Å². The number of halogens is 1. The molecule has 1 aromatic rings. The molecule has 0 amide bonds. The van der Waals surface area contributed by atoms with Gasteiger partial charge in [-0.1, -0.05) is 18.6 Å². The van der Waals surface area contributed by atoms with Gasteiger partial charge in [-0.25, -0.2) is 4.68 Å². The van der Waals surface area contributed by atoms with Crippen molar-refractivity contribution in [2.75, 3.05) is 12.3 Å². The second kappa shape index (κ2) is 6.20. The second-order valence-electron chi connectivity index (χ2n) is 4.33. The Morgan fingerprint density at radius 1 is 1.59 bits per heavy atom. The third-order valence-electron chi connectivity index (χ3n) is 3.13. The zero-order chi connectivity index (χ0) is 12.3. The Labute approximate surface area is 115 Å². The van der Waals surface area contributed by atoms with Gasteiger partial charge in [0.25, 0.3) is 0 Å². The fourth-order valence-electron chi connectivity index (χ4n) is 2.32. The van der Waals surface area contributed by atoms with E-state index in [2.05, 4.69) is 50.2 Å². The third kappa shape index (κ3) is 3.03. The molecule has 1 aliphatic rings. The second-order valence-corrected chi connectivity index (χ2v) is 6.43. The molecule has 0 aromatic carbocycles. The number of hydrogen-bond acceptors (Lipinski definition) is 4. The Bertz CT molecular complexity index is 343. The number of nitrogens with zero attached hydrogens (tertiary/aromatic N) is 3. The minimum atomic E-state index is 0.347. The number of thioether (sulfide) groups is 1. The van der Waals surface area contributed by atoms with Crippen molar-refractivity contribution < 1.29 is 0 Å². The zero-order valence-electron chi connectivity index (χ0n) is 10.3. The minimum absolute atomic E-state index is 0.347. The fraction of sp³-hybridized carbons (Fsp3) is 0.818. The van der Waals surface area contributed by atoms with Gasteiger partial charge in [0.2, 0.25) is 0 Å². The van der Waals surface area contributed by atoms with Crippen LogP contribution in [0.3, 0.4) is 0 Å². The number of aryl methyl sites for hydroxylation is 1. The Balaban J connectivity index is 2.21. The Morgan fingerprint density at radius 3 is 2.94 bits per heavy atom. The molecule has 2 unspecified atom stereocenters. The van der Waals surface area contributed by atoms with Crippen LogP contribution < -0.4 is 5.32 Å². The molecule has 4 nitrogen and oxygen atoms in total. The summed E-state index contributed by atoms with van der Waals surface area (Å²) in [7, 11) is 1.96. The highest BCUT2D eigenvalue weighted by atomic mass is 79.9. The SMILES string of the molecule is CCNC(c1c(Br)nnn1C)C1CCCCS1. The van der Waals surface area contributed by atoms with E-state index in [4.69, 9.17) is 0 Å². The molecule has 2 atom stereocenters. The molecule has 1 aliphatic heterocycles. The van der Waals surface area contributed by atoms with Crippen LogP contribution in [-0.2, 0) is 7.05 Å². The average Bonchev–Trinajstić information content (AvgIpc) is 2.68. The predicted octanol–water partition coefficient (Wildman–Crippen LogP) is 2.51. The molecule has 0 aliphatic carbocycles. The lowest BCUT2D eigenvalue weighted by molar-refractivity contribution is 0.461. The van der Waals surface area contributed by atoms with Crippen LogP contribution in [0.25, 0.3) is 0 Å². The maximum Gasteiger partial charge on any atom is 0.153 e.